The lowest BCUT2D eigenvalue weighted by Crippen LogP contribution is -2.42. The van der Waals surface area contributed by atoms with Gasteiger partial charge >= 0.3 is 4.87 Å². The van der Waals surface area contributed by atoms with Crippen LogP contribution in [-0.4, -0.2) is 59.2 Å². The van der Waals surface area contributed by atoms with Crippen molar-refractivity contribution in [3.05, 3.63) is 68.4 Å². The van der Waals surface area contributed by atoms with Crippen LogP contribution in [0.3, 0.4) is 0 Å². The summed E-state index contributed by atoms with van der Waals surface area (Å²) >= 11 is 2.82. The van der Waals surface area contributed by atoms with E-state index in [0.717, 1.165) is 54.2 Å². The van der Waals surface area contributed by atoms with Crippen molar-refractivity contribution in [3.63, 3.8) is 0 Å². The Morgan fingerprint density at radius 1 is 0.957 bits per heavy atom. The summed E-state index contributed by atoms with van der Waals surface area (Å²) in [6.07, 6.45) is 3.92. The molecule has 5 aliphatic rings. The zero-order valence-electron chi connectivity index (χ0n) is 25.3. The largest absolute Gasteiger partial charge is 0.490 e. The van der Waals surface area contributed by atoms with Gasteiger partial charge in [-0.3, -0.25) is 24.1 Å². The standard InChI is InChI=1S/C34H34FN3O6S2/c1-2-43-23-14-17(6-11-22(23)44-16-24(39)37-12-4-3-5-13-37)25-26-20-15-21(29(26)45-31-30(25)46-34(42)36-31)28-27(20)32(40)38(33(28)41)19-9-7-18(35)8-10-19/h6-11,14,20-21,25-29H,2-5,12-13,15-16H2,1H3,(H,36,42)/t20-,21-,25+,26-,27+,28+,29-/m1/s1. The van der Waals surface area contributed by atoms with Crippen molar-refractivity contribution >= 4 is 46.5 Å². The number of rotatable bonds is 7. The predicted molar refractivity (Wildman–Crippen MR) is 171 cm³/mol. The minimum Gasteiger partial charge on any atom is -0.490 e. The van der Waals surface area contributed by atoms with Gasteiger partial charge in [-0.25, -0.2) is 4.39 Å². The molecule has 8 rings (SSSR count). The first-order valence-corrected chi connectivity index (χ1v) is 17.7. The van der Waals surface area contributed by atoms with Crippen LogP contribution in [0.2, 0.25) is 0 Å². The quantitative estimate of drug-likeness (QED) is 0.353. The first kappa shape index (κ1) is 29.7. The topological polar surface area (TPSA) is 109 Å². The van der Waals surface area contributed by atoms with Crippen molar-refractivity contribution in [1.29, 1.82) is 0 Å². The summed E-state index contributed by atoms with van der Waals surface area (Å²) in [6, 6.07) is 11.3. The number of imide groups is 1. The maximum absolute atomic E-state index is 13.9. The Kier molecular flexibility index (Phi) is 7.47. The number of fused-ring (bicyclic) bond motifs is 9. The Bertz CT molecular complexity index is 1770. The van der Waals surface area contributed by atoms with Crippen molar-refractivity contribution < 1.29 is 28.2 Å². The normalized spacial score (nSPS) is 29.5. The third kappa shape index (κ3) is 4.70. The molecule has 4 fully saturated rings. The summed E-state index contributed by atoms with van der Waals surface area (Å²) in [5.41, 5.74) is 1.35. The molecule has 240 valence electrons. The fraction of sp³-hybridized carbons (Fsp3) is 0.471. The highest BCUT2D eigenvalue weighted by Crippen LogP contribution is 2.68. The van der Waals surface area contributed by atoms with E-state index in [1.165, 1.54) is 40.5 Å². The fourth-order valence-corrected chi connectivity index (χ4v) is 11.6. The van der Waals surface area contributed by atoms with E-state index >= 15 is 0 Å². The van der Waals surface area contributed by atoms with Crippen LogP contribution in [0.25, 0.3) is 0 Å². The Labute approximate surface area is 273 Å². The molecule has 2 aromatic carbocycles. The molecule has 7 atom stereocenters. The highest BCUT2D eigenvalue weighted by molar-refractivity contribution is 8.00. The molecule has 0 spiro atoms. The van der Waals surface area contributed by atoms with Gasteiger partial charge in [0.05, 0.1) is 29.2 Å². The predicted octanol–water partition coefficient (Wildman–Crippen LogP) is 5.04. The molecule has 0 radical (unpaired) electrons. The van der Waals surface area contributed by atoms with Gasteiger partial charge in [0.2, 0.25) is 11.8 Å². The first-order chi connectivity index (χ1) is 22.3. The summed E-state index contributed by atoms with van der Waals surface area (Å²) in [5, 5.41) is 0.857. The maximum Gasteiger partial charge on any atom is 0.305 e. The maximum atomic E-state index is 13.9. The SMILES string of the molecule is CCOc1cc([C@@H]2c3sc(=O)[nH]c3S[C@@H]3[C@@H]4C[C@@H]([C@@H]5C(=O)N(c6ccc(F)cc6)C(=O)[C@@H]45)[C@H]23)ccc1OCC(=O)N1CCCCC1. The van der Waals surface area contributed by atoms with Gasteiger partial charge < -0.3 is 19.4 Å². The smallest absolute Gasteiger partial charge is 0.305 e. The molecule has 3 aliphatic heterocycles. The molecule has 2 saturated heterocycles. The number of carbonyl (C=O) groups is 3. The van der Waals surface area contributed by atoms with E-state index in [1.54, 1.807) is 11.8 Å². The monoisotopic (exact) mass is 663 g/mol. The Morgan fingerprint density at radius 3 is 2.43 bits per heavy atom. The van der Waals surface area contributed by atoms with Crippen molar-refractivity contribution in [2.24, 2.45) is 29.6 Å². The van der Waals surface area contributed by atoms with E-state index in [1.807, 2.05) is 30.0 Å². The van der Waals surface area contributed by atoms with E-state index < -0.39 is 17.7 Å². The molecule has 2 bridgehead atoms. The number of likely N-dealkylation sites (tertiary alicyclic amines) is 1. The van der Waals surface area contributed by atoms with Gasteiger partial charge in [0.15, 0.2) is 18.1 Å². The number of H-pyrrole nitrogens is 1. The van der Waals surface area contributed by atoms with Gasteiger partial charge in [0.25, 0.3) is 5.91 Å². The zero-order valence-corrected chi connectivity index (χ0v) is 26.9. The van der Waals surface area contributed by atoms with Gasteiger partial charge in [-0.15, -0.1) is 11.8 Å². The molecule has 9 nitrogen and oxygen atoms in total. The van der Waals surface area contributed by atoms with Crippen LogP contribution in [-0.2, 0) is 14.4 Å². The average molecular weight is 664 g/mol. The molecular weight excluding hydrogens is 630 g/mol. The third-order valence-electron chi connectivity index (χ3n) is 10.5. The average Bonchev–Trinajstić information content (AvgIpc) is 3.80. The number of hydrogen-bond acceptors (Lipinski definition) is 8. The van der Waals surface area contributed by atoms with Gasteiger partial charge in [-0.1, -0.05) is 17.4 Å². The van der Waals surface area contributed by atoms with Crippen molar-refractivity contribution in [2.75, 3.05) is 31.2 Å². The number of thiazole rings is 1. The van der Waals surface area contributed by atoms with Crippen LogP contribution in [0.5, 0.6) is 11.5 Å². The Balaban J connectivity index is 1.12. The number of halogens is 1. The van der Waals surface area contributed by atoms with Crippen molar-refractivity contribution in [3.8, 4) is 11.5 Å². The lowest BCUT2D eigenvalue weighted by Gasteiger charge is -2.43. The second-order valence-electron chi connectivity index (χ2n) is 12.8. The Morgan fingerprint density at radius 2 is 1.70 bits per heavy atom. The van der Waals surface area contributed by atoms with Crippen LogP contribution < -0.4 is 19.2 Å². The van der Waals surface area contributed by atoms with Crippen molar-refractivity contribution in [2.45, 2.75) is 48.8 Å². The molecule has 1 N–H and O–H groups in total. The first-order valence-electron chi connectivity index (χ1n) is 16.0. The van der Waals surface area contributed by atoms with Gasteiger partial charge in [-0.05, 0) is 92.3 Å². The number of piperidine rings is 1. The number of thioether (sulfide) groups is 1. The lowest BCUT2D eigenvalue weighted by molar-refractivity contribution is -0.134. The number of hydrogen-bond donors (Lipinski definition) is 1. The summed E-state index contributed by atoms with van der Waals surface area (Å²) < 4.78 is 25.7. The summed E-state index contributed by atoms with van der Waals surface area (Å²) in [7, 11) is 0. The van der Waals surface area contributed by atoms with E-state index in [-0.39, 0.29) is 58.1 Å². The molecule has 3 aromatic rings. The van der Waals surface area contributed by atoms with E-state index in [9.17, 15) is 23.6 Å². The van der Waals surface area contributed by atoms with Gasteiger partial charge in [0.1, 0.15) is 5.82 Å². The second-order valence-corrected chi connectivity index (χ2v) is 15.0. The van der Waals surface area contributed by atoms with Gasteiger partial charge in [0, 0.05) is 29.1 Å². The molecule has 4 heterocycles. The molecule has 2 saturated carbocycles. The van der Waals surface area contributed by atoms with E-state index in [0.29, 0.717) is 23.8 Å². The highest BCUT2D eigenvalue weighted by Gasteiger charge is 2.69. The minimum absolute atomic E-state index is 0.0158. The number of benzene rings is 2. The number of anilines is 1. The number of carbonyl (C=O) groups excluding carboxylic acids is 3. The number of nitrogens with zero attached hydrogens (tertiary/aromatic N) is 2. The number of aromatic amines is 1. The number of aromatic nitrogens is 1. The summed E-state index contributed by atoms with van der Waals surface area (Å²) in [4.78, 5) is 60.2. The van der Waals surface area contributed by atoms with Crippen LogP contribution in [0, 0.1) is 35.4 Å². The molecule has 1 aromatic heterocycles. The second kappa shape index (κ2) is 11.6. The van der Waals surface area contributed by atoms with Crippen molar-refractivity contribution in [1.82, 2.24) is 9.88 Å². The number of amides is 3. The Hall–Kier alpha value is -3.64. The molecule has 0 unspecified atom stereocenters. The van der Waals surface area contributed by atoms with Crippen LogP contribution >= 0.6 is 23.1 Å². The molecule has 3 amide bonds. The molecular formula is C34H34FN3O6S2. The third-order valence-corrected chi connectivity index (χ3v) is 13.1. The van der Waals surface area contributed by atoms with E-state index in [4.69, 9.17) is 9.47 Å². The zero-order chi connectivity index (χ0) is 31.7. The highest BCUT2D eigenvalue weighted by atomic mass is 32.2. The van der Waals surface area contributed by atoms with Crippen LogP contribution in [0.1, 0.15) is 49.0 Å². The summed E-state index contributed by atoms with van der Waals surface area (Å²) in [6.45, 7) is 3.73. The van der Waals surface area contributed by atoms with Gasteiger partial charge in [-0.2, -0.15) is 0 Å². The summed E-state index contributed by atoms with van der Waals surface area (Å²) in [5.74, 6) is -1.04. The van der Waals surface area contributed by atoms with Crippen LogP contribution in [0.15, 0.2) is 52.3 Å². The number of nitrogens with one attached hydrogen (secondary N) is 1. The molecule has 12 heteroatoms. The lowest BCUT2D eigenvalue weighted by atomic mass is 9.68. The minimum atomic E-state index is -0.459. The van der Waals surface area contributed by atoms with E-state index in [2.05, 4.69) is 4.98 Å². The molecule has 2 aliphatic carbocycles. The van der Waals surface area contributed by atoms with Crippen LogP contribution in [0.4, 0.5) is 10.1 Å². The molecule has 46 heavy (non-hydrogen) atoms. The number of ether oxygens (including phenoxy) is 2. The fourth-order valence-electron chi connectivity index (χ4n) is 8.71.